The summed E-state index contributed by atoms with van der Waals surface area (Å²) in [5.74, 6) is -0.235. The van der Waals surface area contributed by atoms with Gasteiger partial charge < -0.3 is 10.3 Å². The fourth-order valence-electron chi connectivity index (χ4n) is 2.99. The Labute approximate surface area is 162 Å². The molecule has 0 bridgehead atoms. The third kappa shape index (κ3) is 3.39. The average Bonchev–Trinajstić information content (AvgIpc) is 3.06. The lowest BCUT2D eigenvalue weighted by molar-refractivity contribution is -0.361. The number of hydrogen-bond donors (Lipinski definition) is 0. The number of rotatable bonds is 4. The highest BCUT2D eigenvalue weighted by atomic mass is 32.2. The summed E-state index contributed by atoms with van der Waals surface area (Å²) in [6, 6.07) is 26.3. The number of hydroxylamine groups is 1. The van der Waals surface area contributed by atoms with Gasteiger partial charge in [0.15, 0.2) is 0 Å². The molecule has 4 nitrogen and oxygen atoms in total. The first kappa shape index (κ1) is 17.5. The highest BCUT2D eigenvalue weighted by Crippen LogP contribution is 2.35. The van der Waals surface area contributed by atoms with Crippen LogP contribution in [0.2, 0.25) is 0 Å². The van der Waals surface area contributed by atoms with E-state index < -0.39 is 5.37 Å². The van der Waals surface area contributed by atoms with Gasteiger partial charge in [0.25, 0.3) is 5.04 Å². The smallest absolute Gasteiger partial charge is 0.426 e. The van der Waals surface area contributed by atoms with Crippen molar-refractivity contribution in [3.63, 3.8) is 0 Å². The molecule has 27 heavy (non-hydrogen) atoms. The van der Waals surface area contributed by atoms with E-state index in [9.17, 15) is 10.0 Å². The van der Waals surface area contributed by atoms with Crippen molar-refractivity contribution in [2.24, 2.45) is 0 Å². The summed E-state index contributed by atoms with van der Waals surface area (Å²) in [7, 11) is 0. The number of carbonyl (C=O) groups is 1. The van der Waals surface area contributed by atoms with Crippen molar-refractivity contribution in [1.29, 1.82) is 0 Å². The van der Waals surface area contributed by atoms with Gasteiger partial charge in [-0.2, -0.15) is 0 Å². The van der Waals surface area contributed by atoms with E-state index in [1.54, 1.807) is 28.8 Å². The number of anilines is 1. The first-order valence-electron chi connectivity index (χ1n) is 8.66. The minimum Gasteiger partial charge on any atom is -0.757 e. The highest BCUT2D eigenvalue weighted by Gasteiger charge is 2.45. The van der Waals surface area contributed by atoms with E-state index in [0.717, 1.165) is 26.9 Å². The zero-order valence-corrected chi connectivity index (χ0v) is 15.6. The molecule has 0 fully saturated rings. The zero-order chi connectivity index (χ0) is 18.8. The van der Waals surface area contributed by atoms with Gasteiger partial charge >= 0.3 is 5.91 Å². The van der Waals surface area contributed by atoms with E-state index >= 15 is 0 Å². The number of carbonyl (C=O) groups excluding carboxylic acids is 1. The molecule has 3 aromatic carbocycles. The molecule has 0 aromatic heterocycles. The minimum absolute atomic E-state index is 0.235. The topological polar surface area (TPSA) is 46.4 Å². The fraction of sp³-hybridized carbons (Fsp3) is 0.0909. The molecular weight excluding hydrogens is 356 g/mol. The number of hydrogen-bond acceptors (Lipinski definition) is 4. The van der Waals surface area contributed by atoms with Gasteiger partial charge in [-0.1, -0.05) is 54.1 Å². The summed E-state index contributed by atoms with van der Waals surface area (Å²) < 4.78 is 1.65. The number of para-hydroxylation sites is 1. The molecule has 1 unspecified atom stereocenters. The van der Waals surface area contributed by atoms with Gasteiger partial charge in [0, 0.05) is 17.8 Å². The van der Waals surface area contributed by atoms with Gasteiger partial charge in [0.2, 0.25) is 11.1 Å². The van der Waals surface area contributed by atoms with Crippen LogP contribution in [0.4, 0.5) is 11.4 Å². The molecule has 4 rings (SSSR count). The quantitative estimate of drug-likeness (QED) is 0.491. The SMILES string of the molecule is Cc1ccc([N+]2=C(c3ccccc3)SC(N([O-])c3ccccc3)C2=O)cc1. The fourth-order valence-corrected chi connectivity index (χ4v) is 4.20. The van der Waals surface area contributed by atoms with Gasteiger partial charge in [-0.05, 0) is 43.0 Å². The van der Waals surface area contributed by atoms with Crippen LogP contribution in [0.3, 0.4) is 0 Å². The Bertz CT molecular complexity index is 986. The molecule has 0 radical (unpaired) electrons. The lowest BCUT2D eigenvalue weighted by Crippen LogP contribution is -2.35. The average molecular weight is 374 g/mol. The van der Waals surface area contributed by atoms with E-state index in [-0.39, 0.29) is 5.91 Å². The van der Waals surface area contributed by atoms with Crippen molar-refractivity contribution in [1.82, 2.24) is 0 Å². The maximum absolute atomic E-state index is 13.2. The van der Waals surface area contributed by atoms with Crippen LogP contribution in [-0.4, -0.2) is 20.9 Å². The lowest BCUT2D eigenvalue weighted by Gasteiger charge is -2.32. The zero-order valence-electron chi connectivity index (χ0n) is 14.8. The Morgan fingerprint density at radius 2 is 1.48 bits per heavy atom. The van der Waals surface area contributed by atoms with Crippen LogP contribution in [0.5, 0.6) is 0 Å². The van der Waals surface area contributed by atoms with Gasteiger partial charge in [-0.3, -0.25) is 0 Å². The first-order valence-corrected chi connectivity index (χ1v) is 9.54. The number of thioether (sulfide) groups is 1. The standard InChI is InChI=1S/C22H18N2O2S/c1-16-12-14-18(15-13-16)23-20(25)22(24(26)19-10-6-3-7-11-19)27-21(23)17-8-4-2-5-9-17/h2-15,22H,1H3. The Morgan fingerprint density at radius 3 is 2.11 bits per heavy atom. The van der Waals surface area contributed by atoms with Crippen LogP contribution in [0.25, 0.3) is 0 Å². The molecule has 5 heteroatoms. The monoisotopic (exact) mass is 374 g/mol. The molecule has 1 atom stereocenters. The normalized spacial score (nSPS) is 16.7. The Balaban J connectivity index is 1.78. The summed E-state index contributed by atoms with van der Waals surface area (Å²) in [5, 5.41) is 13.6. The second-order valence-electron chi connectivity index (χ2n) is 6.31. The van der Waals surface area contributed by atoms with E-state index in [0.29, 0.717) is 5.69 Å². The molecule has 1 aliphatic heterocycles. The molecule has 134 valence electrons. The van der Waals surface area contributed by atoms with Crippen LogP contribution in [-0.2, 0) is 4.79 Å². The molecular formula is C22H18N2O2S. The van der Waals surface area contributed by atoms with Crippen LogP contribution >= 0.6 is 11.8 Å². The van der Waals surface area contributed by atoms with Gasteiger partial charge in [0.1, 0.15) is 0 Å². The number of amides is 1. The number of benzene rings is 3. The van der Waals surface area contributed by atoms with E-state index in [1.807, 2.05) is 67.6 Å². The molecule has 0 N–H and O–H groups in total. The molecule has 1 aliphatic rings. The van der Waals surface area contributed by atoms with Crippen LogP contribution in [0.1, 0.15) is 11.1 Å². The Morgan fingerprint density at radius 1 is 0.889 bits per heavy atom. The molecule has 1 heterocycles. The summed E-state index contributed by atoms with van der Waals surface area (Å²) in [6.07, 6.45) is 0. The van der Waals surface area contributed by atoms with Crippen molar-refractivity contribution >= 4 is 34.1 Å². The summed E-state index contributed by atoms with van der Waals surface area (Å²) >= 11 is 1.29. The van der Waals surface area contributed by atoms with Gasteiger partial charge in [-0.15, -0.1) is 4.58 Å². The first-order chi connectivity index (χ1) is 13.1. The van der Waals surface area contributed by atoms with Crippen LogP contribution < -0.4 is 5.06 Å². The van der Waals surface area contributed by atoms with E-state index in [1.165, 1.54) is 11.8 Å². The summed E-state index contributed by atoms with van der Waals surface area (Å²) in [6.45, 7) is 2.00. The third-order valence-electron chi connectivity index (χ3n) is 4.39. The molecule has 0 aliphatic carbocycles. The molecule has 0 spiro atoms. The second kappa shape index (κ2) is 7.39. The van der Waals surface area contributed by atoms with Crippen molar-refractivity contribution in [2.45, 2.75) is 12.3 Å². The molecule has 0 saturated heterocycles. The summed E-state index contributed by atoms with van der Waals surface area (Å²) in [5.41, 5.74) is 3.27. The minimum atomic E-state index is -0.857. The van der Waals surface area contributed by atoms with E-state index in [4.69, 9.17) is 0 Å². The van der Waals surface area contributed by atoms with Crippen molar-refractivity contribution in [2.75, 3.05) is 5.06 Å². The Hall–Kier alpha value is -2.89. The van der Waals surface area contributed by atoms with Gasteiger partial charge in [-0.25, -0.2) is 4.79 Å². The van der Waals surface area contributed by atoms with Crippen LogP contribution in [0.15, 0.2) is 84.9 Å². The summed E-state index contributed by atoms with van der Waals surface area (Å²) in [4.78, 5) is 13.2. The van der Waals surface area contributed by atoms with Crippen LogP contribution in [0, 0.1) is 12.1 Å². The maximum atomic E-state index is 13.2. The second-order valence-corrected chi connectivity index (χ2v) is 7.38. The maximum Gasteiger partial charge on any atom is 0.426 e. The Kier molecular flexibility index (Phi) is 4.79. The predicted molar refractivity (Wildman–Crippen MR) is 110 cm³/mol. The third-order valence-corrected chi connectivity index (χ3v) is 5.65. The van der Waals surface area contributed by atoms with E-state index in [2.05, 4.69) is 0 Å². The molecule has 0 saturated carbocycles. The number of nitrogens with zero attached hydrogens (tertiary/aromatic N) is 2. The number of aryl methyl sites for hydroxylation is 1. The largest absolute Gasteiger partial charge is 0.757 e. The van der Waals surface area contributed by atoms with Crippen molar-refractivity contribution in [3.8, 4) is 0 Å². The van der Waals surface area contributed by atoms with Crippen molar-refractivity contribution in [3.05, 3.63) is 101 Å². The van der Waals surface area contributed by atoms with Crippen molar-refractivity contribution < 1.29 is 9.37 Å². The molecule has 3 aromatic rings. The van der Waals surface area contributed by atoms with Gasteiger partial charge in [0.05, 0.1) is 5.56 Å². The lowest BCUT2D eigenvalue weighted by atomic mass is 10.2. The molecule has 1 amide bonds. The predicted octanol–water partition coefficient (Wildman–Crippen LogP) is 4.69. The highest BCUT2D eigenvalue weighted by molar-refractivity contribution is 8.15.